The zero-order valence-corrected chi connectivity index (χ0v) is 63.6. The fraction of sp³-hybridized carbons (Fsp3) is 0.797. The normalized spacial score (nSPS) is 14.4. The summed E-state index contributed by atoms with van der Waals surface area (Å²) in [6.45, 7) is 2.14. The number of phosphoric acid groups is 2. The van der Waals surface area contributed by atoms with Crippen LogP contribution in [0.15, 0.2) is 72.9 Å². The molecular formula is C79H142O17P2. The van der Waals surface area contributed by atoms with E-state index in [0.717, 1.165) is 237 Å². The van der Waals surface area contributed by atoms with E-state index in [1.807, 2.05) is 0 Å². The Labute approximate surface area is 596 Å². The molecule has 0 radical (unpaired) electrons. The molecule has 0 fully saturated rings. The summed E-state index contributed by atoms with van der Waals surface area (Å²) in [6, 6.07) is 0. The molecule has 0 heterocycles. The van der Waals surface area contributed by atoms with Crippen LogP contribution < -0.4 is 0 Å². The number of unbranched alkanes of at least 4 members (excludes halogenated alkanes) is 38. The Balaban J connectivity index is 5.21. The van der Waals surface area contributed by atoms with Crippen molar-refractivity contribution in [2.45, 2.75) is 353 Å². The van der Waals surface area contributed by atoms with Gasteiger partial charge in [-0.3, -0.25) is 27.7 Å². The van der Waals surface area contributed by atoms with Crippen LogP contribution in [0.25, 0.3) is 0 Å². The van der Waals surface area contributed by atoms with Gasteiger partial charge in [-0.15, -0.1) is 0 Å². The van der Waals surface area contributed by atoms with Crippen molar-refractivity contribution in [3.63, 3.8) is 0 Å². The first-order chi connectivity index (χ1) is 47.9. The highest BCUT2D eigenvalue weighted by molar-refractivity contribution is 7.47. The van der Waals surface area contributed by atoms with Crippen molar-refractivity contribution in [1.29, 1.82) is 0 Å². The molecule has 0 aliphatic rings. The zero-order chi connectivity index (χ0) is 71.5. The van der Waals surface area contributed by atoms with Crippen LogP contribution in [0.1, 0.15) is 335 Å². The highest BCUT2D eigenvalue weighted by Crippen LogP contribution is 2.45. The number of esters is 2. The van der Waals surface area contributed by atoms with Crippen LogP contribution >= 0.6 is 15.6 Å². The van der Waals surface area contributed by atoms with Crippen molar-refractivity contribution in [2.75, 3.05) is 52.9 Å². The van der Waals surface area contributed by atoms with Gasteiger partial charge in [-0.1, -0.05) is 228 Å². The molecule has 0 aromatic heterocycles. The molecule has 0 bridgehead atoms. The Bertz CT molecular complexity index is 2080. The second-order valence-electron chi connectivity index (χ2n) is 26.2. The predicted octanol–water partition coefficient (Wildman–Crippen LogP) is 21.8. The number of allylic oxidation sites excluding steroid dienone is 12. The van der Waals surface area contributed by atoms with Gasteiger partial charge in [0.1, 0.15) is 44.1 Å². The Morgan fingerprint density at radius 2 is 0.561 bits per heavy atom. The van der Waals surface area contributed by atoms with Crippen LogP contribution in [0.3, 0.4) is 0 Å². The maximum Gasteiger partial charge on any atom is 0.472 e. The highest BCUT2D eigenvalue weighted by atomic mass is 31.2. The number of ether oxygens (including phenoxy) is 4. The van der Waals surface area contributed by atoms with Gasteiger partial charge in [-0.25, -0.2) is 9.13 Å². The Hall–Kier alpha value is -3.18. The molecule has 5 atom stereocenters. The molecule has 19 heteroatoms. The number of phosphoric ester groups is 2. The first-order valence-electron chi connectivity index (χ1n) is 39.1. The summed E-state index contributed by atoms with van der Waals surface area (Å²) in [4.78, 5) is 67.8. The van der Waals surface area contributed by atoms with Gasteiger partial charge in [-0.05, 0) is 154 Å². The fourth-order valence-corrected chi connectivity index (χ4v) is 12.2. The van der Waals surface area contributed by atoms with Crippen LogP contribution in [0, 0.1) is 0 Å². The summed E-state index contributed by atoms with van der Waals surface area (Å²) >= 11 is 0. The predicted molar refractivity (Wildman–Crippen MR) is 400 cm³/mol. The van der Waals surface area contributed by atoms with Crippen LogP contribution in [-0.2, 0) is 65.4 Å². The maximum absolute atomic E-state index is 13.1. The van der Waals surface area contributed by atoms with Gasteiger partial charge in [0.15, 0.2) is 0 Å². The molecule has 0 rings (SSSR count). The first kappa shape index (κ1) is 94.8. The third-order valence-electron chi connectivity index (χ3n) is 16.7. The van der Waals surface area contributed by atoms with E-state index in [1.165, 1.54) is 57.8 Å². The van der Waals surface area contributed by atoms with Gasteiger partial charge in [0.25, 0.3) is 0 Å². The first-order valence-corrected chi connectivity index (χ1v) is 42.1. The Morgan fingerprint density at radius 1 is 0.316 bits per heavy atom. The third-order valence-corrected chi connectivity index (χ3v) is 18.6. The summed E-state index contributed by atoms with van der Waals surface area (Å²) in [5.41, 5.74) is 0. The lowest BCUT2D eigenvalue weighted by molar-refractivity contribution is -0.150. The average Bonchev–Trinajstić information content (AvgIpc) is 1.02. The van der Waals surface area contributed by atoms with E-state index in [2.05, 4.69) is 86.8 Å². The molecule has 570 valence electrons. The minimum absolute atomic E-state index is 0.200. The molecule has 2 unspecified atom stereocenters. The number of aldehydes is 2. The van der Waals surface area contributed by atoms with E-state index in [-0.39, 0.29) is 26.1 Å². The number of carbonyl (C=O) groups is 4. The van der Waals surface area contributed by atoms with Crippen molar-refractivity contribution in [1.82, 2.24) is 0 Å². The van der Waals surface area contributed by atoms with E-state index >= 15 is 0 Å². The van der Waals surface area contributed by atoms with Crippen LogP contribution in [0.2, 0.25) is 0 Å². The van der Waals surface area contributed by atoms with E-state index in [4.69, 9.17) is 37.0 Å². The number of hydrogen-bond acceptors (Lipinski definition) is 15. The Kier molecular flexibility index (Phi) is 72.6. The molecule has 0 saturated carbocycles. The fourth-order valence-electron chi connectivity index (χ4n) is 10.6. The van der Waals surface area contributed by atoms with Gasteiger partial charge in [0, 0.05) is 38.9 Å². The third kappa shape index (κ3) is 74.0. The molecule has 17 nitrogen and oxygen atoms in total. The quantitative estimate of drug-likeness (QED) is 0.0169. The van der Waals surface area contributed by atoms with Gasteiger partial charge in [-0.2, -0.15) is 0 Å². The van der Waals surface area contributed by atoms with Crippen molar-refractivity contribution < 1.29 is 80.2 Å². The molecule has 0 aliphatic carbocycles. The average molecular weight is 1430 g/mol. The zero-order valence-electron chi connectivity index (χ0n) is 61.8. The number of aliphatic hydroxyl groups is 1. The minimum Gasteiger partial charge on any atom is -0.463 e. The van der Waals surface area contributed by atoms with Crippen molar-refractivity contribution in [3.05, 3.63) is 72.9 Å². The van der Waals surface area contributed by atoms with Crippen LogP contribution in [-0.4, -0.2) is 111 Å². The monoisotopic (exact) mass is 1420 g/mol. The number of hydrogen-bond donors (Lipinski definition) is 3. The van der Waals surface area contributed by atoms with Gasteiger partial charge in [0.2, 0.25) is 0 Å². The maximum atomic E-state index is 13.1. The van der Waals surface area contributed by atoms with Crippen LogP contribution in [0.5, 0.6) is 0 Å². The van der Waals surface area contributed by atoms with Gasteiger partial charge < -0.3 is 43.4 Å². The molecule has 0 amide bonds. The summed E-state index contributed by atoms with van der Waals surface area (Å²) < 4.78 is 69.9. The van der Waals surface area contributed by atoms with Gasteiger partial charge in [0.05, 0.1) is 26.4 Å². The highest BCUT2D eigenvalue weighted by Gasteiger charge is 2.29. The topological polar surface area (TPSA) is 237 Å². The standard InChI is InChI=1S/C79H142O17P2/c1-3-5-7-9-11-13-15-17-21-27-33-39-45-51-57-63-78(83)91-71-76(89-67-61-55-49-43-37-31-25-20-19-23-29-35-41-47-53-59-65-80)73-95-97(85,86)93-69-75(82)70-94-98(87,88)96-74-77(90-68-62-56-50-44-38-32-26-24-30-36-42-48-54-60-66-81)72-92-79(84)64-58-52-46-40-34-28-22-18-16-14-12-10-8-6-4-2/h11-14,17-19,21-24,26,65-66,75-77,82H,3-10,15-16,20,25,27-64,67-74H2,1-2H3,(H,85,86)(H,87,88)/b13-11-,14-12-,21-17-,22-18-,23-19-,26-24-/t75-,76-,77-/m1/s1. The summed E-state index contributed by atoms with van der Waals surface area (Å²) in [7, 11) is -9.65. The lowest BCUT2D eigenvalue weighted by Crippen LogP contribution is -2.28. The molecule has 3 N–H and O–H groups in total. The number of rotatable bonds is 78. The molecule has 0 saturated heterocycles. The van der Waals surface area contributed by atoms with Crippen molar-refractivity contribution >= 4 is 40.2 Å². The summed E-state index contributed by atoms with van der Waals surface area (Å²) in [5.74, 6) is -0.795. The molecule has 0 aromatic rings. The summed E-state index contributed by atoms with van der Waals surface area (Å²) in [6.07, 6.45) is 75.8. The minimum atomic E-state index is -4.83. The second-order valence-corrected chi connectivity index (χ2v) is 29.1. The SMILES string of the molecule is CCCCC/C=C\C/C=C\CCCCCCCC(=O)OC[C@H](COP(=O)(O)OC[C@H](O)COP(=O)(O)OC[C@@H](COC(=O)CCCCCCC/C=C\C/C=C\CCCCC)OCCCCCCCCC/C=C\CCCCCCC=O)OCCCCCCC/C=C\CCCCCCC=O. The lowest BCUT2D eigenvalue weighted by atomic mass is 10.1. The molecular weight excluding hydrogens is 1280 g/mol. The summed E-state index contributed by atoms with van der Waals surface area (Å²) in [5, 5.41) is 10.6. The van der Waals surface area contributed by atoms with E-state index in [1.54, 1.807) is 0 Å². The van der Waals surface area contributed by atoms with E-state index in [0.29, 0.717) is 38.9 Å². The number of carbonyl (C=O) groups excluding carboxylic acids is 4. The smallest absolute Gasteiger partial charge is 0.463 e. The van der Waals surface area contributed by atoms with Crippen LogP contribution in [0.4, 0.5) is 0 Å². The largest absolute Gasteiger partial charge is 0.472 e. The van der Waals surface area contributed by atoms with Crippen molar-refractivity contribution in [3.8, 4) is 0 Å². The van der Waals surface area contributed by atoms with Crippen molar-refractivity contribution in [2.24, 2.45) is 0 Å². The molecule has 98 heavy (non-hydrogen) atoms. The number of aliphatic hydroxyl groups excluding tert-OH is 1. The molecule has 0 spiro atoms. The lowest BCUT2D eigenvalue weighted by Gasteiger charge is -2.21. The van der Waals surface area contributed by atoms with E-state index < -0.39 is 72.3 Å². The second kappa shape index (κ2) is 75.0. The molecule has 0 aromatic carbocycles. The molecule has 0 aliphatic heterocycles. The Morgan fingerprint density at radius 3 is 0.857 bits per heavy atom. The van der Waals surface area contributed by atoms with Gasteiger partial charge >= 0.3 is 27.6 Å². The van der Waals surface area contributed by atoms with E-state index in [9.17, 15) is 43.2 Å².